The number of pyridine rings is 1. The quantitative estimate of drug-likeness (QED) is 0.574. The summed E-state index contributed by atoms with van der Waals surface area (Å²) in [4.78, 5) is 15.4. The van der Waals surface area contributed by atoms with E-state index in [0.29, 0.717) is 5.15 Å². The fraction of sp³-hybridized carbons (Fsp3) is 0.333. The zero-order valence-corrected chi connectivity index (χ0v) is 7.43. The van der Waals surface area contributed by atoms with Crippen LogP contribution in [-0.4, -0.2) is 10.8 Å². The highest BCUT2D eigenvalue weighted by Gasteiger charge is 2.27. The lowest BCUT2D eigenvalue weighted by Gasteiger charge is -1.95. The molecule has 12 heavy (non-hydrogen) atoms. The highest BCUT2D eigenvalue weighted by Crippen LogP contribution is 2.27. The number of hydrogen-bond donors (Lipinski definition) is 0. The van der Waals surface area contributed by atoms with Crippen LogP contribution in [0, 0.1) is 5.92 Å². The van der Waals surface area contributed by atoms with Crippen LogP contribution < -0.4 is 0 Å². The van der Waals surface area contributed by atoms with E-state index in [1.54, 1.807) is 12.3 Å². The van der Waals surface area contributed by atoms with Gasteiger partial charge in [-0.05, 0) is 18.1 Å². The molecule has 62 valence electrons. The molecular formula is C9H8ClNO. The van der Waals surface area contributed by atoms with Crippen LogP contribution >= 0.6 is 11.6 Å². The average Bonchev–Trinajstić information content (AvgIpc) is 2.31. The first kappa shape index (κ1) is 7.74. The maximum absolute atomic E-state index is 11.5. The topological polar surface area (TPSA) is 30.0 Å². The molecule has 0 amide bonds. The highest BCUT2D eigenvalue weighted by molar-refractivity contribution is 6.29. The van der Waals surface area contributed by atoms with Gasteiger partial charge in [-0.3, -0.25) is 4.79 Å². The van der Waals surface area contributed by atoms with Crippen molar-refractivity contribution >= 4 is 17.4 Å². The van der Waals surface area contributed by atoms with Gasteiger partial charge >= 0.3 is 0 Å². The first-order valence-corrected chi connectivity index (χ1v) is 4.25. The van der Waals surface area contributed by atoms with Crippen molar-refractivity contribution in [3.05, 3.63) is 28.5 Å². The summed E-state index contributed by atoms with van der Waals surface area (Å²) >= 11 is 5.67. The lowest BCUT2D eigenvalue weighted by atomic mass is 10.1. The average molecular weight is 182 g/mol. The lowest BCUT2D eigenvalue weighted by molar-refractivity contribution is 0.0946. The first-order chi connectivity index (χ1) is 5.68. The predicted octanol–water partition coefficient (Wildman–Crippen LogP) is 2.11. The predicted molar refractivity (Wildman–Crippen MR) is 46.4 cm³/mol. The Morgan fingerprint density at radius 3 is 3.17 bits per heavy atom. The molecule has 3 heteroatoms. The third-order valence-corrected chi connectivity index (χ3v) is 2.40. The number of carbonyl (C=O) groups excluding carboxylic acids is 1. The Balaban J connectivity index is 2.56. The molecule has 0 aromatic carbocycles. The van der Waals surface area contributed by atoms with Crippen LogP contribution in [0.3, 0.4) is 0 Å². The molecule has 1 aromatic heterocycles. The number of fused-ring (bicyclic) bond motifs is 1. The third kappa shape index (κ3) is 1.03. The van der Waals surface area contributed by atoms with Crippen LogP contribution in [0.1, 0.15) is 22.8 Å². The van der Waals surface area contributed by atoms with Gasteiger partial charge < -0.3 is 0 Å². The maximum atomic E-state index is 11.5. The second-order valence-corrected chi connectivity index (χ2v) is 3.52. The smallest absolute Gasteiger partial charge is 0.166 e. The summed E-state index contributed by atoms with van der Waals surface area (Å²) in [6.07, 6.45) is 2.50. The Bertz CT molecular complexity index is 348. The fourth-order valence-corrected chi connectivity index (χ4v) is 1.70. The highest BCUT2D eigenvalue weighted by atomic mass is 35.5. The Kier molecular flexibility index (Phi) is 1.65. The van der Waals surface area contributed by atoms with Crippen LogP contribution in [-0.2, 0) is 6.42 Å². The van der Waals surface area contributed by atoms with Gasteiger partial charge in [-0.15, -0.1) is 0 Å². The number of nitrogens with zero attached hydrogens (tertiary/aromatic N) is 1. The number of hydrogen-bond acceptors (Lipinski definition) is 2. The minimum atomic E-state index is 0.0975. The van der Waals surface area contributed by atoms with E-state index in [0.717, 1.165) is 17.5 Å². The van der Waals surface area contributed by atoms with Gasteiger partial charge in [-0.2, -0.15) is 0 Å². The van der Waals surface area contributed by atoms with Crippen molar-refractivity contribution in [2.75, 3.05) is 0 Å². The second kappa shape index (κ2) is 2.56. The summed E-state index contributed by atoms with van der Waals surface area (Å²) in [5.41, 5.74) is 1.78. The van der Waals surface area contributed by atoms with Crippen LogP contribution in [0.2, 0.25) is 5.15 Å². The van der Waals surface area contributed by atoms with Gasteiger partial charge in [0.2, 0.25) is 0 Å². The monoisotopic (exact) mass is 181 g/mol. The van der Waals surface area contributed by atoms with E-state index in [1.807, 2.05) is 6.92 Å². The number of Topliss-reactive ketones (excluding diaryl/α,β-unsaturated/α-hetero) is 1. The number of halogens is 1. The molecule has 0 saturated heterocycles. The normalized spacial score (nSPS) is 21.2. The molecule has 2 nitrogen and oxygen atoms in total. The van der Waals surface area contributed by atoms with Gasteiger partial charge in [0, 0.05) is 17.7 Å². The van der Waals surface area contributed by atoms with Crippen LogP contribution in [0.5, 0.6) is 0 Å². The van der Waals surface area contributed by atoms with Crippen LogP contribution in [0.15, 0.2) is 12.3 Å². The van der Waals surface area contributed by atoms with Gasteiger partial charge in [0.15, 0.2) is 5.78 Å². The summed E-state index contributed by atoms with van der Waals surface area (Å²) < 4.78 is 0. The van der Waals surface area contributed by atoms with Crippen molar-refractivity contribution in [1.29, 1.82) is 0 Å². The van der Waals surface area contributed by atoms with E-state index < -0.39 is 0 Å². The molecule has 0 bridgehead atoms. The Hall–Kier alpha value is -0.890. The van der Waals surface area contributed by atoms with Crippen LogP contribution in [0.25, 0.3) is 0 Å². The molecule has 0 spiro atoms. The molecule has 1 unspecified atom stereocenters. The zero-order valence-electron chi connectivity index (χ0n) is 6.67. The number of aromatic nitrogens is 1. The summed E-state index contributed by atoms with van der Waals surface area (Å²) in [5.74, 6) is 0.287. The molecule has 1 aliphatic rings. The van der Waals surface area contributed by atoms with Crippen molar-refractivity contribution in [1.82, 2.24) is 4.98 Å². The van der Waals surface area contributed by atoms with Crippen molar-refractivity contribution < 1.29 is 4.79 Å². The van der Waals surface area contributed by atoms with Gasteiger partial charge in [0.25, 0.3) is 0 Å². The summed E-state index contributed by atoms with van der Waals surface area (Å²) in [6.45, 7) is 1.93. The second-order valence-electron chi connectivity index (χ2n) is 3.13. The van der Waals surface area contributed by atoms with Gasteiger partial charge in [-0.25, -0.2) is 4.98 Å². The first-order valence-electron chi connectivity index (χ1n) is 3.87. The molecular weight excluding hydrogens is 174 g/mol. The Morgan fingerprint density at radius 2 is 2.42 bits per heavy atom. The van der Waals surface area contributed by atoms with Crippen molar-refractivity contribution in [3.8, 4) is 0 Å². The summed E-state index contributed by atoms with van der Waals surface area (Å²) in [6, 6.07) is 1.66. The van der Waals surface area contributed by atoms with Gasteiger partial charge in [0.1, 0.15) is 5.15 Å². The number of carbonyl (C=O) groups is 1. The largest absolute Gasteiger partial charge is 0.294 e. The molecule has 0 N–H and O–H groups in total. The maximum Gasteiger partial charge on any atom is 0.166 e. The molecule has 0 aliphatic heterocycles. The van der Waals surface area contributed by atoms with E-state index >= 15 is 0 Å². The van der Waals surface area contributed by atoms with Crippen molar-refractivity contribution in [3.63, 3.8) is 0 Å². The van der Waals surface area contributed by atoms with E-state index in [1.165, 1.54) is 0 Å². The molecule has 1 aromatic rings. The van der Waals surface area contributed by atoms with E-state index in [9.17, 15) is 4.79 Å². The standard InChI is InChI=1S/C9H8ClNO/c1-5-2-6-4-11-8(10)3-7(6)9(5)12/h3-5H,2H2,1H3. The molecule has 1 atom stereocenters. The van der Waals surface area contributed by atoms with Crippen molar-refractivity contribution in [2.24, 2.45) is 5.92 Å². The minimum Gasteiger partial charge on any atom is -0.294 e. The van der Waals surface area contributed by atoms with Gasteiger partial charge in [-0.1, -0.05) is 18.5 Å². The summed E-state index contributed by atoms with van der Waals surface area (Å²) in [7, 11) is 0. The van der Waals surface area contributed by atoms with E-state index in [4.69, 9.17) is 11.6 Å². The van der Waals surface area contributed by atoms with E-state index in [-0.39, 0.29) is 11.7 Å². The van der Waals surface area contributed by atoms with E-state index in [2.05, 4.69) is 4.98 Å². The van der Waals surface area contributed by atoms with Crippen molar-refractivity contribution in [2.45, 2.75) is 13.3 Å². The Morgan fingerprint density at radius 1 is 1.67 bits per heavy atom. The number of rotatable bonds is 0. The SMILES string of the molecule is CC1Cc2cnc(Cl)cc2C1=O. The molecule has 0 saturated carbocycles. The Labute approximate surface area is 75.6 Å². The summed E-state index contributed by atoms with van der Waals surface area (Å²) in [5, 5.41) is 0.399. The molecule has 0 radical (unpaired) electrons. The minimum absolute atomic E-state index is 0.0975. The number of ketones is 1. The molecule has 1 aliphatic carbocycles. The lowest BCUT2D eigenvalue weighted by Crippen LogP contribution is -2.02. The van der Waals surface area contributed by atoms with Crippen LogP contribution in [0.4, 0.5) is 0 Å². The molecule has 1 heterocycles. The zero-order chi connectivity index (χ0) is 8.72. The fourth-order valence-electron chi connectivity index (χ4n) is 1.54. The molecule has 0 fully saturated rings. The molecule has 2 rings (SSSR count). The van der Waals surface area contributed by atoms with Gasteiger partial charge in [0.05, 0.1) is 0 Å². The third-order valence-electron chi connectivity index (χ3n) is 2.19.